The van der Waals surface area contributed by atoms with Gasteiger partial charge in [-0.15, -0.1) is 16.8 Å². The highest BCUT2D eigenvalue weighted by Gasteiger charge is 2.16. The predicted octanol–water partition coefficient (Wildman–Crippen LogP) is 3.23. The molecule has 0 atom stereocenters. The molecule has 0 bridgehead atoms. The summed E-state index contributed by atoms with van der Waals surface area (Å²) in [5.41, 5.74) is 0.662. The number of anilines is 1. The van der Waals surface area contributed by atoms with Gasteiger partial charge in [0.25, 0.3) is 0 Å². The predicted molar refractivity (Wildman–Crippen MR) is 117 cm³/mol. The molecular weight excluding hydrogens is 386 g/mol. The van der Waals surface area contributed by atoms with E-state index in [0.29, 0.717) is 18.0 Å². The summed E-state index contributed by atoms with van der Waals surface area (Å²) in [5.74, 6) is 1.73. The van der Waals surface area contributed by atoms with Gasteiger partial charge in [0.15, 0.2) is 5.16 Å². The number of ether oxygens (including phenoxy) is 1. The van der Waals surface area contributed by atoms with Crippen LogP contribution in [0.2, 0.25) is 0 Å². The van der Waals surface area contributed by atoms with E-state index in [0.717, 1.165) is 23.9 Å². The van der Waals surface area contributed by atoms with Crippen molar-refractivity contribution in [1.82, 2.24) is 19.7 Å². The Balaban J connectivity index is 1.57. The molecule has 1 saturated heterocycles. The summed E-state index contributed by atoms with van der Waals surface area (Å²) in [6, 6.07) is 7.37. The number of thioether (sulfide) groups is 1. The largest absolute Gasteiger partial charge is 0.495 e. The van der Waals surface area contributed by atoms with E-state index in [2.05, 4.69) is 31.6 Å². The van der Waals surface area contributed by atoms with Gasteiger partial charge in [-0.3, -0.25) is 4.79 Å². The minimum absolute atomic E-state index is 0.109. The van der Waals surface area contributed by atoms with E-state index in [9.17, 15) is 4.79 Å². The van der Waals surface area contributed by atoms with Crippen LogP contribution in [-0.4, -0.2) is 58.1 Å². The van der Waals surface area contributed by atoms with Crippen LogP contribution in [0.15, 0.2) is 42.1 Å². The smallest absolute Gasteiger partial charge is 0.234 e. The van der Waals surface area contributed by atoms with Crippen molar-refractivity contribution in [2.24, 2.45) is 0 Å². The van der Waals surface area contributed by atoms with Gasteiger partial charge < -0.3 is 19.5 Å². The fourth-order valence-electron chi connectivity index (χ4n) is 3.43. The normalized spacial score (nSPS) is 14.5. The maximum absolute atomic E-state index is 12.4. The molecule has 1 aromatic heterocycles. The van der Waals surface area contributed by atoms with Crippen LogP contribution in [0.3, 0.4) is 0 Å². The lowest BCUT2D eigenvalue weighted by atomic mass is 10.1. The quantitative estimate of drug-likeness (QED) is 0.474. The third-order valence-corrected chi connectivity index (χ3v) is 5.89. The molecule has 156 valence electrons. The van der Waals surface area contributed by atoms with E-state index >= 15 is 0 Å². The van der Waals surface area contributed by atoms with Crippen LogP contribution in [0.25, 0.3) is 0 Å². The van der Waals surface area contributed by atoms with Gasteiger partial charge in [0.05, 0.1) is 18.6 Å². The molecular formula is C21H29N5O2S. The van der Waals surface area contributed by atoms with E-state index < -0.39 is 0 Å². The van der Waals surface area contributed by atoms with Crippen molar-refractivity contribution in [3.05, 3.63) is 42.7 Å². The average molecular weight is 416 g/mol. The fourth-order valence-corrected chi connectivity index (χ4v) is 4.20. The lowest BCUT2D eigenvalue weighted by Gasteiger charge is -2.26. The first-order chi connectivity index (χ1) is 14.2. The lowest BCUT2D eigenvalue weighted by molar-refractivity contribution is -0.113. The highest BCUT2D eigenvalue weighted by molar-refractivity contribution is 7.99. The zero-order valence-corrected chi connectivity index (χ0v) is 17.8. The van der Waals surface area contributed by atoms with Crippen LogP contribution < -0.4 is 10.1 Å². The molecule has 29 heavy (non-hydrogen) atoms. The van der Waals surface area contributed by atoms with E-state index in [-0.39, 0.29) is 11.7 Å². The van der Waals surface area contributed by atoms with E-state index in [1.54, 1.807) is 7.11 Å². The number of para-hydroxylation sites is 2. The Kier molecular flexibility index (Phi) is 8.13. The standard InChI is InChI=1S/C21H29N5O2S/c1-3-12-26-19(11-15-25-13-7-4-8-14-25)23-24-21(26)29-16-20(27)22-17-9-5-6-10-18(17)28-2/h3,5-6,9-10H,1,4,7-8,11-16H2,2H3,(H,22,27). The number of carbonyl (C=O) groups is 1. The van der Waals surface area contributed by atoms with Gasteiger partial charge in [-0.2, -0.15) is 0 Å². The molecule has 8 heteroatoms. The minimum Gasteiger partial charge on any atom is -0.495 e. The Bertz CT molecular complexity index is 817. The molecule has 1 aromatic carbocycles. The third kappa shape index (κ3) is 6.08. The number of piperidine rings is 1. The zero-order valence-electron chi connectivity index (χ0n) is 17.0. The first-order valence-electron chi connectivity index (χ1n) is 10.0. The monoisotopic (exact) mass is 415 g/mol. The number of benzene rings is 1. The van der Waals surface area contributed by atoms with Crippen LogP contribution in [0.4, 0.5) is 5.69 Å². The second-order valence-electron chi connectivity index (χ2n) is 6.99. The van der Waals surface area contributed by atoms with Crippen molar-refractivity contribution in [2.45, 2.75) is 37.4 Å². The van der Waals surface area contributed by atoms with E-state index in [1.807, 2.05) is 30.3 Å². The number of amides is 1. The number of nitrogens with zero attached hydrogens (tertiary/aromatic N) is 4. The number of hydrogen-bond donors (Lipinski definition) is 1. The molecule has 2 aromatic rings. The molecule has 0 aliphatic carbocycles. The fraction of sp³-hybridized carbons (Fsp3) is 0.476. The Hall–Kier alpha value is -2.32. The molecule has 2 heterocycles. The molecule has 1 fully saturated rings. The van der Waals surface area contributed by atoms with E-state index in [1.165, 1.54) is 44.1 Å². The summed E-state index contributed by atoms with van der Waals surface area (Å²) in [7, 11) is 1.59. The number of aromatic nitrogens is 3. The number of methoxy groups -OCH3 is 1. The van der Waals surface area contributed by atoms with Crippen LogP contribution in [0.5, 0.6) is 5.75 Å². The summed E-state index contributed by atoms with van der Waals surface area (Å²) in [5, 5.41) is 12.3. The summed E-state index contributed by atoms with van der Waals surface area (Å²) in [6.07, 6.45) is 6.59. The van der Waals surface area contributed by atoms with Crippen molar-refractivity contribution in [2.75, 3.05) is 37.8 Å². The molecule has 7 nitrogen and oxygen atoms in total. The Morgan fingerprint density at radius 1 is 1.28 bits per heavy atom. The maximum atomic E-state index is 12.4. The molecule has 0 radical (unpaired) electrons. The first kappa shape index (κ1) is 21.4. The van der Waals surface area contributed by atoms with Gasteiger partial charge >= 0.3 is 0 Å². The summed E-state index contributed by atoms with van der Waals surface area (Å²) >= 11 is 1.39. The van der Waals surface area contributed by atoms with Crippen molar-refractivity contribution in [3.8, 4) is 5.75 Å². The van der Waals surface area contributed by atoms with Crippen LogP contribution in [0.1, 0.15) is 25.1 Å². The molecule has 1 amide bonds. The lowest BCUT2D eigenvalue weighted by Crippen LogP contribution is -2.32. The number of hydrogen-bond acceptors (Lipinski definition) is 6. The molecule has 0 spiro atoms. The van der Waals surface area contributed by atoms with Crippen molar-refractivity contribution >= 4 is 23.4 Å². The highest BCUT2D eigenvalue weighted by Crippen LogP contribution is 2.24. The topological polar surface area (TPSA) is 72.3 Å². The Morgan fingerprint density at radius 3 is 2.83 bits per heavy atom. The zero-order chi connectivity index (χ0) is 20.5. The van der Waals surface area contributed by atoms with Crippen molar-refractivity contribution < 1.29 is 9.53 Å². The molecule has 3 rings (SSSR count). The van der Waals surface area contributed by atoms with Gasteiger partial charge in [-0.1, -0.05) is 36.4 Å². The second kappa shape index (κ2) is 11.0. The second-order valence-corrected chi connectivity index (χ2v) is 7.93. The number of nitrogens with one attached hydrogen (secondary N) is 1. The van der Waals surface area contributed by atoms with Gasteiger partial charge in [-0.25, -0.2) is 0 Å². The van der Waals surface area contributed by atoms with Gasteiger partial charge in [0.1, 0.15) is 11.6 Å². The maximum Gasteiger partial charge on any atom is 0.234 e. The highest BCUT2D eigenvalue weighted by atomic mass is 32.2. The minimum atomic E-state index is -0.109. The van der Waals surface area contributed by atoms with Crippen LogP contribution in [0, 0.1) is 0 Å². The first-order valence-corrected chi connectivity index (χ1v) is 11.0. The third-order valence-electron chi connectivity index (χ3n) is 4.92. The van der Waals surface area contributed by atoms with Crippen molar-refractivity contribution in [3.63, 3.8) is 0 Å². The van der Waals surface area contributed by atoms with E-state index in [4.69, 9.17) is 4.74 Å². The number of carbonyl (C=O) groups excluding carboxylic acids is 1. The summed E-state index contributed by atoms with van der Waals surface area (Å²) in [4.78, 5) is 14.9. The van der Waals surface area contributed by atoms with Gasteiger partial charge in [0.2, 0.25) is 5.91 Å². The number of rotatable bonds is 10. The summed E-state index contributed by atoms with van der Waals surface area (Å²) < 4.78 is 7.33. The van der Waals surface area contributed by atoms with Gasteiger partial charge in [0, 0.05) is 19.5 Å². The number of allylic oxidation sites excluding steroid dienone is 1. The average Bonchev–Trinajstić information content (AvgIpc) is 3.14. The molecule has 1 N–H and O–H groups in total. The molecule has 0 unspecified atom stereocenters. The Labute approximate surface area is 176 Å². The summed E-state index contributed by atoms with van der Waals surface area (Å²) in [6.45, 7) is 7.81. The van der Waals surface area contributed by atoms with Crippen LogP contribution in [-0.2, 0) is 17.8 Å². The van der Waals surface area contributed by atoms with Gasteiger partial charge in [-0.05, 0) is 38.1 Å². The molecule has 1 aliphatic heterocycles. The number of likely N-dealkylation sites (tertiary alicyclic amines) is 1. The molecule has 0 saturated carbocycles. The van der Waals surface area contributed by atoms with Crippen LogP contribution >= 0.6 is 11.8 Å². The SMILES string of the molecule is C=CCn1c(CCN2CCCCC2)nnc1SCC(=O)Nc1ccccc1OC. The van der Waals surface area contributed by atoms with Crippen molar-refractivity contribution in [1.29, 1.82) is 0 Å². The Morgan fingerprint density at radius 2 is 2.07 bits per heavy atom. The molecule has 1 aliphatic rings.